The van der Waals surface area contributed by atoms with Crippen LogP contribution in [0.15, 0.2) is 0 Å². The van der Waals surface area contributed by atoms with Gasteiger partial charge in [0.2, 0.25) is 0 Å². The second kappa shape index (κ2) is 6.10. The molecule has 0 spiro atoms. The van der Waals surface area contributed by atoms with Crippen LogP contribution < -0.4 is 5.32 Å². The first-order valence-corrected chi connectivity index (χ1v) is 9.38. The lowest BCUT2D eigenvalue weighted by Gasteiger charge is -2.52. The van der Waals surface area contributed by atoms with Gasteiger partial charge in [-0.15, -0.1) is 0 Å². The van der Waals surface area contributed by atoms with E-state index in [4.69, 9.17) is 0 Å². The predicted octanol–water partition coefficient (Wildman–Crippen LogP) is 1.66. The number of hydrogen-bond acceptors (Lipinski definition) is 4. The summed E-state index contributed by atoms with van der Waals surface area (Å²) >= 11 is 0. The number of nitrogens with one attached hydrogen (secondary N) is 1. The Morgan fingerprint density at radius 1 is 1.21 bits per heavy atom. The standard InChI is InChI=1S/C14H30N2O2S/c1-6-14(7-2)12-16(13(3,4)11-15-14)9-8-10-19(5,17)18/h15H,6-12H2,1-5H3. The Hall–Kier alpha value is -0.130. The van der Waals surface area contributed by atoms with Gasteiger partial charge in [0.25, 0.3) is 0 Å². The van der Waals surface area contributed by atoms with E-state index >= 15 is 0 Å². The minimum absolute atomic E-state index is 0.103. The van der Waals surface area contributed by atoms with Crippen molar-refractivity contribution in [2.24, 2.45) is 0 Å². The average Bonchev–Trinajstić information content (AvgIpc) is 2.30. The fourth-order valence-electron chi connectivity index (χ4n) is 2.77. The summed E-state index contributed by atoms with van der Waals surface area (Å²) < 4.78 is 22.5. The molecule has 1 rings (SSSR count). The fraction of sp³-hybridized carbons (Fsp3) is 1.00. The normalized spacial score (nSPS) is 23.4. The highest BCUT2D eigenvalue weighted by molar-refractivity contribution is 7.90. The van der Waals surface area contributed by atoms with E-state index in [1.165, 1.54) is 6.26 Å². The zero-order chi connectivity index (χ0) is 14.7. The summed E-state index contributed by atoms with van der Waals surface area (Å²) in [6.07, 6.45) is 4.27. The molecule has 1 aliphatic heterocycles. The van der Waals surface area contributed by atoms with Gasteiger partial charge in [0.15, 0.2) is 0 Å². The number of sulfone groups is 1. The first kappa shape index (κ1) is 16.9. The zero-order valence-electron chi connectivity index (χ0n) is 13.1. The lowest BCUT2D eigenvalue weighted by Crippen LogP contribution is -2.67. The van der Waals surface area contributed by atoms with Gasteiger partial charge < -0.3 is 5.32 Å². The Morgan fingerprint density at radius 3 is 2.26 bits per heavy atom. The first-order chi connectivity index (χ1) is 8.64. The number of nitrogens with zero attached hydrogens (tertiary/aromatic N) is 1. The van der Waals surface area contributed by atoms with Crippen LogP contribution in [-0.4, -0.2) is 56.0 Å². The minimum atomic E-state index is -2.84. The highest BCUT2D eigenvalue weighted by atomic mass is 32.2. The summed E-state index contributed by atoms with van der Waals surface area (Å²) in [6.45, 7) is 11.8. The smallest absolute Gasteiger partial charge is 0.147 e. The van der Waals surface area contributed by atoms with Crippen LogP contribution in [0.4, 0.5) is 0 Å². The van der Waals surface area contributed by atoms with Crippen molar-refractivity contribution in [3.63, 3.8) is 0 Å². The summed E-state index contributed by atoms with van der Waals surface area (Å²) in [7, 11) is -2.84. The van der Waals surface area contributed by atoms with Crippen LogP contribution in [0, 0.1) is 0 Å². The third kappa shape index (κ3) is 4.72. The van der Waals surface area contributed by atoms with Gasteiger partial charge in [-0.2, -0.15) is 0 Å². The van der Waals surface area contributed by atoms with E-state index in [2.05, 4.69) is 37.9 Å². The van der Waals surface area contributed by atoms with Crippen LogP contribution in [0.25, 0.3) is 0 Å². The zero-order valence-corrected chi connectivity index (χ0v) is 13.9. The molecule has 4 nitrogen and oxygen atoms in total. The molecule has 0 amide bonds. The van der Waals surface area contributed by atoms with Gasteiger partial charge in [-0.05, 0) is 39.7 Å². The van der Waals surface area contributed by atoms with Crippen molar-refractivity contribution in [1.82, 2.24) is 10.2 Å². The van der Waals surface area contributed by atoms with E-state index in [1.54, 1.807) is 0 Å². The van der Waals surface area contributed by atoms with Crippen molar-refractivity contribution in [2.75, 3.05) is 31.6 Å². The Morgan fingerprint density at radius 2 is 1.79 bits per heavy atom. The molecule has 114 valence electrons. The molecule has 0 aromatic heterocycles. The van der Waals surface area contributed by atoms with Crippen LogP contribution in [0.1, 0.15) is 47.0 Å². The highest BCUT2D eigenvalue weighted by Gasteiger charge is 2.40. The van der Waals surface area contributed by atoms with Crippen molar-refractivity contribution >= 4 is 9.84 Å². The Balaban J connectivity index is 2.66. The molecule has 0 radical (unpaired) electrons. The molecular weight excluding hydrogens is 260 g/mol. The van der Waals surface area contributed by atoms with E-state index in [-0.39, 0.29) is 16.8 Å². The molecule has 0 unspecified atom stereocenters. The summed E-state index contributed by atoms with van der Waals surface area (Å²) in [5.41, 5.74) is 0.298. The lowest BCUT2D eigenvalue weighted by molar-refractivity contribution is 0.0229. The van der Waals surface area contributed by atoms with Gasteiger partial charge in [0, 0.05) is 30.4 Å². The first-order valence-electron chi connectivity index (χ1n) is 7.32. The second-order valence-electron chi connectivity index (χ2n) is 6.56. The molecular formula is C14H30N2O2S. The molecule has 0 saturated carbocycles. The predicted molar refractivity (Wildman–Crippen MR) is 81.3 cm³/mol. The van der Waals surface area contributed by atoms with Gasteiger partial charge in [0.05, 0.1) is 5.75 Å². The number of hydrogen-bond donors (Lipinski definition) is 1. The van der Waals surface area contributed by atoms with Crippen LogP contribution >= 0.6 is 0 Å². The summed E-state index contributed by atoms with van der Waals surface area (Å²) in [5, 5.41) is 3.70. The topological polar surface area (TPSA) is 49.4 Å². The van der Waals surface area contributed by atoms with E-state index in [0.717, 1.165) is 38.9 Å². The van der Waals surface area contributed by atoms with E-state index in [0.29, 0.717) is 0 Å². The molecule has 0 atom stereocenters. The summed E-state index contributed by atoms with van der Waals surface area (Å²) in [5.74, 6) is 0.290. The van der Waals surface area contributed by atoms with E-state index in [1.807, 2.05) is 0 Å². The third-order valence-corrected chi connectivity index (χ3v) is 5.57. The van der Waals surface area contributed by atoms with Crippen molar-refractivity contribution in [1.29, 1.82) is 0 Å². The molecule has 1 heterocycles. The third-order valence-electron chi connectivity index (χ3n) is 4.54. The van der Waals surface area contributed by atoms with Crippen molar-refractivity contribution < 1.29 is 8.42 Å². The molecule has 0 bridgehead atoms. The molecule has 5 heteroatoms. The van der Waals surface area contributed by atoms with Crippen LogP contribution in [0.5, 0.6) is 0 Å². The van der Waals surface area contributed by atoms with E-state index < -0.39 is 9.84 Å². The minimum Gasteiger partial charge on any atom is -0.308 e. The average molecular weight is 290 g/mol. The van der Waals surface area contributed by atoms with Crippen molar-refractivity contribution in [3.05, 3.63) is 0 Å². The van der Waals surface area contributed by atoms with Gasteiger partial charge in [0.1, 0.15) is 9.84 Å². The van der Waals surface area contributed by atoms with Crippen LogP contribution in [0.2, 0.25) is 0 Å². The van der Waals surface area contributed by atoms with Crippen molar-refractivity contribution in [3.8, 4) is 0 Å². The maximum Gasteiger partial charge on any atom is 0.147 e. The monoisotopic (exact) mass is 290 g/mol. The maximum absolute atomic E-state index is 11.2. The molecule has 1 fully saturated rings. The highest BCUT2D eigenvalue weighted by Crippen LogP contribution is 2.28. The van der Waals surface area contributed by atoms with Gasteiger partial charge in [-0.25, -0.2) is 8.42 Å². The number of piperazine rings is 1. The Labute approximate surface area is 118 Å². The molecule has 0 aromatic carbocycles. The summed E-state index contributed by atoms with van der Waals surface area (Å²) in [4.78, 5) is 2.46. The van der Waals surface area contributed by atoms with Gasteiger partial charge >= 0.3 is 0 Å². The maximum atomic E-state index is 11.2. The lowest BCUT2D eigenvalue weighted by atomic mass is 9.85. The molecule has 19 heavy (non-hydrogen) atoms. The SMILES string of the molecule is CCC1(CC)CN(CCCS(C)(=O)=O)C(C)(C)CN1. The molecule has 1 N–H and O–H groups in total. The second-order valence-corrected chi connectivity index (χ2v) is 8.82. The Kier molecular flexibility index (Phi) is 5.43. The quantitative estimate of drug-likeness (QED) is 0.808. The van der Waals surface area contributed by atoms with Crippen LogP contribution in [-0.2, 0) is 9.84 Å². The number of rotatable bonds is 6. The molecule has 0 aromatic rings. The van der Waals surface area contributed by atoms with Crippen molar-refractivity contribution in [2.45, 2.75) is 58.0 Å². The molecule has 1 aliphatic rings. The largest absolute Gasteiger partial charge is 0.308 e. The van der Waals surface area contributed by atoms with Crippen LogP contribution in [0.3, 0.4) is 0 Å². The summed E-state index contributed by atoms with van der Waals surface area (Å²) in [6, 6.07) is 0. The fourth-order valence-corrected chi connectivity index (χ4v) is 3.43. The Bertz CT molecular complexity index is 386. The molecule has 0 aliphatic carbocycles. The van der Waals surface area contributed by atoms with Gasteiger partial charge in [-0.3, -0.25) is 4.90 Å². The van der Waals surface area contributed by atoms with Gasteiger partial charge in [-0.1, -0.05) is 13.8 Å². The van der Waals surface area contributed by atoms with E-state index in [9.17, 15) is 8.42 Å². The molecule has 1 saturated heterocycles.